The summed E-state index contributed by atoms with van der Waals surface area (Å²) in [7, 11) is 0. The number of rotatable bonds is 3. The van der Waals surface area contributed by atoms with Crippen LogP contribution in [0.2, 0.25) is 0 Å². The summed E-state index contributed by atoms with van der Waals surface area (Å²) in [5.74, 6) is 0.512. The molecule has 2 heterocycles. The second-order valence-corrected chi connectivity index (χ2v) is 8.75. The molecule has 1 N–H and O–H groups in total. The van der Waals surface area contributed by atoms with E-state index in [1.807, 2.05) is 30.3 Å². The van der Waals surface area contributed by atoms with Crippen molar-refractivity contribution in [2.24, 2.45) is 0 Å². The minimum Gasteiger partial charge on any atom is -0.504 e. The summed E-state index contributed by atoms with van der Waals surface area (Å²) < 4.78 is 45.3. The number of hydrogen-bond donors (Lipinski definition) is 1. The number of aromatic hydroxyl groups is 1. The first kappa shape index (κ1) is 20.8. The molecule has 164 valence electrons. The van der Waals surface area contributed by atoms with E-state index in [0.717, 1.165) is 44.0 Å². The zero-order valence-corrected chi connectivity index (χ0v) is 17.7. The van der Waals surface area contributed by atoms with E-state index in [1.54, 1.807) is 17.4 Å². The number of thiazole rings is 1. The number of para-hydroxylation sites is 1. The van der Waals surface area contributed by atoms with Crippen molar-refractivity contribution in [3.05, 3.63) is 77.4 Å². The number of benzene rings is 3. The lowest BCUT2D eigenvalue weighted by Crippen LogP contribution is -2.25. The van der Waals surface area contributed by atoms with Gasteiger partial charge in [0.15, 0.2) is 11.5 Å². The molecule has 0 amide bonds. The van der Waals surface area contributed by atoms with Crippen LogP contribution in [0.4, 0.5) is 13.2 Å². The van der Waals surface area contributed by atoms with Gasteiger partial charge in [-0.25, -0.2) is 4.98 Å². The van der Waals surface area contributed by atoms with Crippen LogP contribution in [0, 0.1) is 0 Å². The molecule has 0 saturated heterocycles. The summed E-state index contributed by atoms with van der Waals surface area (Å²) in [4.78, 5) is 6.77. The molecule has 0 aliphatic carbocycles. The van der Waals surface area contributed by atoms with Crippen molar-refractivity contribution in [3.8, 4) is 22.1 Å². The van der Waals surface area contributed by atoms with Gasteiger partial charge in [0.25, 0.3) is 0 Å². The molecular weight excluding hydrogens is 437 g/mol. The van der Waals surface area contributed by atoms with Gasteiger partial charge in [-0.05, 0) is 42.0 Å². The Bertz CT molecular complexity index is 1240. The maximum absolute atomic E-state index is 12.8. The maximum Gasteiger partial charge on any atom is 0.416 e. The van der Waals surface area contributed by atoms with Crippen molar-refractivity contribution in [2.45, 2.75) is 19.3 Å². The molecule has 0 saturated carbocycles. The Morgan fingerprint density at radius 1 is 1.06 bits per heavy atom. The quantitative estimate of drug-likeness (QED) is 0.406. The molecule has 0 spiro atoms. The van der Waals surface area contributed by atoms with Crippen LogP contribution in [0.5, 0.6) is 11.5 Å². The van der Waals surface area contributed by atoms with Crippen molar-refractivity contribution in [2.75, 3.05) is 13.2 Å². The Morgan fingerprint density at radius 3 is 2.59 bits per heavy atom. The van der Waals surface area contributed by atoms with E-state index >= 15 is 0 Å². The van der Waals surface area contributed by atoms with E-state index in [0.29, 0.717) is 32.0 Å². The van der Waals surface area contributed by atoms with Crippen LogP contribution in [-0.2, 0) is 19.3 Å². The van der Waals surface area contributed by atoms with Crippen molar-refractivity contribution < 1.29 is 23.0 Å². The van der Waals surface area contributed by atoms with Gasteiger partial charge >= 0.3 is 6.18 Å². The minimum absolute atomic E-state index is 0.0631. The van der Waals surface area contributed by atoms with Gasteiger partial charge in [-0.1, -0.05) is 24.3 Å². The summed E-state index contributed by atoms with van der Waals surface area (Å²) in [6.45, 7) is 1.95. The number of alkyl halides is 3. The fourth-order valence-corrected chi connectivity index (χ4v) is 4.82. The van der Waals surface area contributed by atoms with Crippen LogP contribution >= 0.6 is 11.3 Å². The first-order valence-electron chi connectivity index (χ1n) is 10.1. The van der Waals surface area contributed by atoms with Crippen LogP contribution in [0.1, 0.15) is 16.7 Å². The number of nitrogens with zero attached hydrogens (tertiary/aromatic N) is 2. The average molecular weight is 456 g/mol. The number of ether oxygens (including phenoxy) is 1. The Morgan fingerprint density at radius 2 is 1.84 bits per heavy atom. The van der Waals surface area contributed by atoms with Crippen LogP contribution in [0.15, 0.2) is 60.7 Å². The van der Waals surface area contributed by atoms with E-state index in [1.165, 1.54) is 12.1 Å². The molecule has 4 nitrogen and oxygen atoms in total. The fraction of sp³-hybridized carbons (Fsp3) is 0.208. The third kappa shape index (κ3) is 4.16. The van der Waals surface area contributed by atoms with Gasteiger partial charge in [0.1, 0.15) is 11.6 Å². The monoisotopic (exact) mass is 456 g/mol. The Balaban J connectivity index is 1.41. The van der Waals surface area contributed by atoms with Gasteiger partial charge in [0.05, 0.1) is 15.8 Å². The predicted molar refractivity (Wildman–Crippen MR) is 118 cm³/mol. The SMILES string of the molecule is Oc1cc(-c2nc3ccccc3s2)cc2c1OCCN(Cc1ccc(C(F)(F)F)cc1)C2. The molecule has 1 aliphatic rings. The minimum atomic E-state index is -4.34. The first-order chi connectivity index (χ1) is 15.4. The molecule has 1 aliphatic heterocycles. The Labute approximate surface area is 186 Å². The molecular formula is C24H19F3N2O2S. The molecule has 1 aromatic heterocycles. The number of phenolic OH excluding ortho intramolecular Hbond substituents is 1. The van der Waals surface area contributed by atoms with Crippen LogP contribution in [-0.4, -0.2) is 28.1 Å². The van der Waals surface area contributed by atoms with Crippen LogP contribution in [0.3, 0.4) is 0 Å². The van der Waals surface area contributed by atoms with E-state index in [4.69, 9.17) is 4.74 Å². The third-order valence-corrected chi connectivity index (χ3v) is 6.51. The molecule has 8 heteroatoms. The molecule has 0 bridgehead atoms. The second kappa shape index (κ2) is 8.11. The lowest BCUT2D eigenvalue weighted by molar-refractivity contribution is -0.137. The summed E-state index contributed by atoms with van der Waals surface area (Å²) in [6.07, 6.45) is -4.34. The van der Waals surface area contributed by atoms with E-state index in [9.17, 15) is 18.3 Å². The summed E-state index contributed by atoms with van der Waals surface area (Å²) in [6, 6.07) is 16.7. The molecule has 32 heavy (non-hydrogen) atoms. The van der Waals surface area contributed by atoms with Crippen molar-refractivity contribution in [1.82, 2.24) is 9.88 Å². The van der Waals surface area contributed by atoms with Crippen molar-refractivity contribution in [1.29, 1.82) is 0 Å². The van der Waals surface area contributed by atoms with Gasteiger partial charge in [-0.2, -0.15) is 13.2 Å². The smallest absolute Gasteiger partial charge is 0.416 e. The molecule has 5 rings (SSSR count). The highest BCUT2D eigenvalue weighted by molar-refractivity contribution is 7.21. The van der Waals surface area contributed by atoms with E-state index < -0.39 is 11.7 Å². The van der Waals surface area contributed by atoms with Crippen molar-refractivity contribution >= 4 is 21.6 Å². The van der Waals surface area contributed by atoms with Crippen molar-refractivity contribution in [3.63, 3.8) is 0 Å². The van der Waals surface area contributed by atoms with Gasteiger partial charge in [0.2, 0.25) is 0 Å². The van der Waals surface area contributed by atoms with E-state index in [2.05, 4.69) is 9.88 Å². The van der Waals surface area contributed by atoms with Gasteiger partial charge in [-0.15, -0.1) is 11.3 Å². The number of halogens is 3. The second-order valence-electron chi connectivity index (χ2n) is 7.72. The molecule has 0 unspecified atom stereocenters. The topological polar surface area (TPSA) is 45.6 Å². The van der Waals surface area contributed by atoms with Gasteiger partial charge in [0, 0.05) is 30.8 Å². The highest BCUT2D eigenvalue weighted by Gasteiger charge is 2.30. The number of fused-ring (bicyclic) bond motifs is 2. The number of phenols is 1. The first-order valence-corrected chi connectivity index (χ1v) is 10.9. The summed E-state index contributed by atoms with van der Waals surface area (Å²) in [5.41, 5.74) is 2.66. The van der Waals surface area contributed by atoms with Gasteiger partial charge < -0.3 is 9.84 Å². The fourth-order valence-electron chi connectivity index (χ4n) is 3.86. The predicted octanol–water partition coefficient (Wildman–Crippen LogP) is 6.08. The lowest BCUT2D eigenvalue weighted by Gasteiger charge is -2.20. The number of aromatic nitrogens is 1. The summed E-state index contributed by atoms with van der Waals surface area (Å²) >= 11 is 1.55. The lowest BCUT2D eigenvalue weighted by atomic mass is 10.1. The average Bonchev–Trinajstić information content (AvgIpc) is 3.09. The number of hydrogen-bond acceptors (Lipinski definition) is 5. The highest BCUT2D eigenvalue weighted by atomic mass is 32.1. The zero-order valence-electron chi connectivity index (χ0n) is 16.9. The third-order valence-electron chi connectivity index (χ3n) is 5.42. The Kier molecular flexibility index (Phi) is 5.27. The molecule has 3 aromatic carbocycles. The van der Waals surface area contributed by atoms with Crippen LogP contribution in [0.25, 0.3) is 20.8 Å². The normalized spacial score (nSPS) is 14.7. The maximum atomic E-state index is 12.8. The standard InChI is InChI=1S/C24H19F3N2O2S/c25-24(26,27)18-7-5-15(6-8-18)13-29-9-10-31-22-17(14-29)11-16(12-20(22)30)23-28-19-3-1-2-4-21(19)32-23/h1-8,11-12,30H,9-10,13-14H2. The van der Waals surface area contributed by atoms with E-state index in [-0.39, 0.29) is 5.75 Å². The van der Waals surface area contributed by atoms with Gasteiger partial charge in [-0.3, -0.25) is 4.90 Å². The zero-order chi connectivity index (χ0) is 22.3. The Hall–Kier alpha value is -3.10. The van der Waals surface area contributed by atoms with Crippen LogP contribution < -0.4 is 4.74 Å². The molecule has 0 atom stereocenters. The summed E-state index contributed by atoms with van der Waals surface area (Å²) in [5, 5.41) is 11.4. The largest absolute Gasteiger partial charge is 0.504 e. The molecule has 4 aromatic rings. The molecule has 0 fully saturated rings. The highest BCUT2D eigenvalue weighted by Crippen LogP contribution is 2.40. The molecule has 0 radical (unpaired) electrons.